The third kappa shape index (κ3) is 8.23. The molecular formula is C35H43N3O3. The third-order valence-corrected chi connectivity index (χ3v) is 7.43. The largest absolute Gasteiger partial charge is 0.497 e. The number of nitrogens with zero attached hydrogens (tertiary/aromatic N) is 2. The number of rotatable bonds is 14. The zero-order valence-corrected chi connectivity index (χ0v) is 24.9. The summed E-state index contributed by atoms with van der Waals surface area (Å²) in [5, 5.41) is 1.17. The lowest BCUT2D eigenvalue weighted by Gasteiger charge is -2.29. The highest BCUT2D eigenvalue weighted by Gasteiger charge is 2.24. The number of nitrogens with one attached hydrogen (secondary N) is 1. The van der Waals surface area contributed by atoms with Crippen molar-refractivity contribution < 1.29 is 14.3 Å². The van der Waals surface area contributed by atoms with Crippen LogP contribution in [0.2, 0.25) is 0 Å². The van der Waals surface area contributed by atoms with E-state index in [1.807, 2.05) is 71.8 Å². The van der Waals surface area contributed by atoms with Gasteiger partial charge < -0.3 is 19.5 Å². The molecule has 4 aromatic rings. The Morgan fingerprint density at radius 1 is 0.878 bits per heavy atom. The molecule has 1 aromatic heterocycles. The number of aromatic nitrogens is 1. The molecule has 1 heterocycles. The molecule has 0 unspecified atom stereocenters. The zero-order valence-electron chi connectivity index (χ0n) is 24.9. The third-order valence-electron chi connectivity index (χ3n) is 7.43. The molecular weight excluding hydrogens is 510 g/mol. The summed E-state index contributed by atoms with van der Waals surface area (Å²) >= 11 is 0. The molecule has 0 aliphatic carbocycles. The Morgan fingerprint density at radius 2 is 1.59 bits per heavy atom. The van der Waals surface area contributed by atoms with E-state index in [4.69, 9.17) is 4.74 Å². The maximum Gasteiger partial charge on any atom is 0.254 e. The number of para-hydroxylation sites is 1. The molecule has 0 aliphatic rings. The number of unbranched alkanes of at least 4 members (excludes halogenated alkanes) is 1. The van der Waals surface area contributed by atoms with Crippen LogP contribution in [0.15, 0.2) is 79.0 Å². The molecule has 1 N–H and O–H groups in total. The van der Waals surface area contributed by atoms with Gasteiger partial charge in [-0.1, -0.05) is 69.7 Å². The summed E-state index contributed by atoms with van der Waals surface area (Å²) in [5.41, 5.74) is 5.14. The van der Waals surface area contributed by atoms with Gasteiger partial charge in [-0.15, -0.1) is 0 Å². The topological polar surface area (TPSA) is 65.6 Å². The lowest BCUT2D eigenvalue weighted by Crippen LogP contribution is -2.44. The molecule has 0 aliphatic heterocycles. The summed E-state index contributed by atoms with van der Waals surface area (Å²) in [6.07, 6.45) is 6.01. The molecule has 0 spiro atoms. The van der Waals surface area contributed by atoms with Gasteiger partial charge in [0.25, 0.3) is 5.91 Å². The van der Waals surface area contributed by atoms with Crippen LogP contribution in [-0.2, 0) is 24.2 Å². The second-order valence-corrected chi connectivity index (χ2v) is 11.2. The number of ether oxygens (including phenoxy) is 1. The number of benzene rings is 3. The first kappa shape index (κ1) is 29.9. The van der Waals surface area contributed by atoms with Gasteiger partial charge in [0.1, 0.15) is 12.3 Å². The van der Waals surface area contributed by atoms with Gasteiger partial charge in [0.2, 0.25) is 5.91 Å². The van der Waals surface area contributed by atoms with E-state index < -0.39 is 0 Å². The Labute approximate surface area is 244 Å². The Hall–Kier alpha value is -4.06. The smallest absolute Gasteiger partial charge is 0.254 e. The van der Waals surface area contributed by atoms with Crippen molar-refractivity contribution >= 4 is 22.7 Å². The van der Waals surface area contributed by atoms with Gasteiger partial charge in [-0.3, -0.25) is 9.59 Å². The van der Waals surface area contributed by atoms with Crippen molar-refractivity contribution in [2.75, 3.05) is 26.7 Å². The SMILES string of the molecule is CCCCc1ccc(C(=O)N(CC(=O)N(CCc2c[nH]c3ccccc23)Cc2ccc(OC)cc2)CC(C)C)cc1. The number of carbonyl (C=O) groups excluding carboxylic acids is 2. The van der Waals surface area contributed by atoms with Crippen molar-refractivity contribution in [3.63, 3.8) is 0 Å². The Bertz CT molecular complexity index is 1410. The van der Waals surface area contributed by atoms with Gasteiger partial charge >= 0.3 is 0 Å². The minimum absolute atomic E-state index is 0.0403. The molecule has 0 saturated heterocycles. The summed E-state index contributed by atoms with van der Waals surface area (Å²) in [5.74, 6) is 0.848. The van der Waals surface area contributed by atoms with Crippen LogP contribution in [0.5, 0.6) is 5.75 Å². The van der Waals surface area contributed by atoms with Gasteiger partial charge in [0.15, 0.2) is 0 Å². The van der Waals surface area contributed by atoms with Crippen molar-refractivity contribution in [1.82, 2.24) is 14.8 Å². The molecule has 0 bridgehead atoms. The summed E-state index contributed by atoms with van der Waals surface area (Å²) < 4.78 is 5.32. The van der Waals surface area contributed by atoms with Crippen LogP contribution in [0.3, 0.4) is 0 Å². The molecule has 0 fully saturated rings. The average Bonchev–Trinajstić information content (AvgIpc) is 3.40. The van der Waals surface area contributed by atoms with Crippen molar-refractivity contribution in [2.45, 2.75) is 53.0 Å². The van der Waals surface area contributed by atoms with Crippen molar-refractivity contribution in [1.29, 1.82) is 0 Å². The maximum absolute atomic E-state index is 13.9. The Balaban J connectivity index is 1.53. The molecule has 6 heteroatoms. The number of aromatic amines is 1. The highest BCUT2D eigenvalue weighted by molar-refractivity contribution is 5.96. The number of methoxy groups -OCH3 is 1. The quantitative estimate of drug-likeness (QED) is 0.185. The van der Waals surface area contributed by atoms with Crippen LogP contribution in [0.25, 0.3) is 10.9 Å². The fourth-order valence-electron chi connectivity index (χ4n) is 5.14. The lowest BCUT2D eigenvalue weighted by molar-refractivity contribution is -0.132. The van der Waals surface area contributed by atoms with E-state index in [1.54, 1.807) is 12.0 Å². The first-order valence-corrected chi connectivity index (χ1v) is 14.7. The molecule has 6 nitrogen and oxygen atoms in total. The summed E-state index contributed by atoms with van der Waals surface area (Å²) in [7, 11) is 1.64. The minimum atomic E-state index is -0.102. The molecule has 0 atom stereocenters. The standard InChI is InChI=1S/C35H43N3O3/c1-5-6-9-27-12-16-29(17-13-27)35(40)38(23-26(2)3)25-34(39)37(24-28-14-18-31(41-4)19-15-28)21-20-30-22-36-33-11-8-7-10-32(30)33/h7-8,10-19,22,26,36H,5-6,9,20-21,23-25H2,1-4H3. The van der Waals surface area contributed by atoms with Crippen molar-refractivity contribution in [2.24, 2.45) is 5.92 Å². The van der Waals surface area contributed by atoms with Crippen LogP contribution in [0.4, 0.5) is 0 Å². The van der Waals surface area contributed by atoms with Gasteiger partial charge in [-0.25, -0.2) is 0 Å². The summed E-state index contributed by atoms with van der Waals surface area (Å²) in [6.45, 7) is 7.88. The number of hydrogen-bond donors (Lipinski definition) is 1. The van der Waals surface area contributed by atoms with Crippen LogP contribution in [-0.4, -0.2) is 53.3 Å². The Kier molecular flexibility index (Phi) is 10.6. The first-order valence-electron chi connectivity index (χ1n) is 14.7. The van der Waals surface area contributed by atoms with Gasteiger partial charge in [0, 0.05) is 42.3 Å². The molecule has 0 saturated carbocycles. The van der Waals surface area contributed by atoms with E-state index in [-0.39, 0.29) is 24.3 Å². The van der Waals surface area contributed by atoms with Crippen molar-refractivity contribution in [3.8, 4) is 5.75 Å². The van der Waals surface area contributed by atoms with E-state index in [0.717, 1.165) is 36.1 Å². The van der Waals surface area contributed by atoms with Crippen LogP contribution in [0.1, 0.15) is 60.7 Å². The second kappa shape index (κ2) is 14.5. The molecule has 216 valence electrons. The number of aryl methyl sites for hydroxylation is 1. The number of carbonyl (C=O) groups is 2. The highest BCUT2D eigenvalue weighted by atomic mass is 16.5. The molecule has 0 radical (unpaired) electrons. The van der Waals surface area contributed by atoms with E-state index >= 15 is 0 Å². The van der Waals surface area contributed by atoms with E-state index in [0.29, 0.717) is 31.6 Å². The Morgan fingerprint density at radius 3 is 2.27 bits per heavy atom. The summed E-state index contributed by atoms with van der Waals surface area (Å²) in [4.78, 5) is 34.4. The fourth-order valence-corrected chi connectivity index (χ4v) is 5.14. The highest BCUT2D eigenvalue weighted by Crippen LogP contribution is 2.20. The lowest BCUT2D eigenvalue weighted by atomic mass is 10.1. The maximum atomic E-state index is 13.9. The van der Waals surface area contributed by atoms with E-state index in [1.165, 1.54) is 16.5 Å². The first-order chi connectivity index (χ1) is 19.9. The second-order valence-electron chi connectivity index (χ2n) is 11.2. The minimum Gasteiger partial charge on any atom is -0.497 e. The van der Waals surface area contributed by atoms with Gasteiger partial charge in [0.05, 0.1) is 7.11 Å². The molecule has 4 rings (SSSR count). The number of H-pyrrole nitrogens is 1. The van der Waals surface area contributed by atoms with Gasteiger partial charge in [-0.2, -0.15) is 0 Å². The number of fused-ring (bicyclic) bond motifs is 1. The fraction of sp³-hybridized carbons (Fsp3) is 0.371. The summed E-state index contributed by atoms with van der Waals surface area (Å²) in [6, 6.07) is 23.9. The normalized spacial score (nSPS) is 11.1. The average molecular weight is 554 g/mol. The van der Waals surface area contributed by atoms with Crippen LogP contribution < -0.4 is 4.74 Å². The number of hydrogen-bond acceptors (Lipinski definition) is 3. The number of amides is 2. The van der Waals surface area contributed by atoms with E-state index in [9.17, 15) is 9.59 Å². The van der Waals surface area contributed by atoms with Crippen LogP contribution >= 0.6 is 0 Å². The van der Waals surface area contributed by atoms with Gasteiger partial charge in [-0.05, 0) is 72.2 Å². The van der Waals surface area contributed by atoms with E-state index in [2.05, 4.69) is 37.9 Å². The monoisotopic (exact) mass is 553 g/mol. The van der Waals surface area contributed by atoms with Crippen LogP contribution in [0, 0.1) is 5.92 Å². The molecule has 3 aromatic carbocycles. The molecule has 2 amide bonds. The predicted octanol–water partition coefficient (Wildman–Crippen LogP) is 6.89. The van der Waals surface area contributed by atoms with Crippen molar-refractivity contribution in [3.05, 3.63) is 101 Å². The predicted molar refractivity (Wildman–Crippen MR) is 166 cm³/mol. The zero-order chi connectivity index (χ0) is 29.2. The molecule has 41 heavy (non-hydrogen) atoms.